The zero-order valence-corrected chi connectivity index (χ0v) is 15.7. The van der Waals surface area contributed by atoms with E-state index >= 15 is 0 Å². The highest BCUT2D eigenvalue weighted by molar-refractivity contribution is 7.99. The van der Waals surface area contributed by atoms with Gasteiger partial charge in [0.25, 0.3) is 0 Å². The highest BCUT2D eigenvalue weighted by Gasteiger charge is 2.27. The molecule has 5 nitrogen and oxygen atoms in total. The molecule has 1 heterocycles. The van der Waals surface area contributed by atoms with Crippen LogP contribution in [-0.4, -0.2) is 39.1 Å². The standard InChI is InChI=1S/C19H17F3N4OS/c1-13-6-5-7-14(10-13)17-24-25-18(26(17)15-8-3-2-4-9-15)28-11-16(27)23-12-19(20,21)22/h2-10H,11-12H2,1H3,(H,23,27). The number of nitrogens with zero attached hydrogens (tertiary/aromatic N) is 3. The second kappa shape index (κ2) is 8.47. The van der Waals surface area contributed by atoms with Gasteiger partial charge in [0, 0.05) is 11.3 Å². The first-order chi connectivity index (χ1) is 13.3. The second-order valence-corrected chi connectivity index (χ2v) is 6.97. The first kappa shape index (κ1) is 19.9. The van der Waals surface area contributed by atoms with Gasteiger partial charge in [-0.3, -0.25) is 9.36 Å². The van der Waals surface area contributed by atoms with Crippen molar-refractivity contribution in [2.75, 3.05) is 12.3 Å². The van der Waals surface area contributed by atoms with E-state index in [4.69, 9.17) is 0 Å². The number of hydrogen-bond acceptors (Lipinski definition) is 4. The fraction of sp³-hybridized carbons (Fsp3) is 0.211. The quantitative estimate of drug-likeness (QED) is 0.629. The van der Waals surface area contributed by atoms with Gasteiger partial charge in [0.15, 0.2) is 11.0 Å². The van der Waals surface area contributed by atoms with Crippen LogP contribution in [0.4, 0.5) is 13.2 Å². The van der Waals surface area contributed by atoms with E-state index in [1.54, 1.807) is 4.57 Å². The SMILES string of the molecule is Cc1cccc(-c2nnc(SCC(=O)NCC(F)(F)F)n2-c2ccccc2)c1. The summed E-state index contributed by atoms with van der Waals surface area (Å²) in [5.74, 6) is -0.329. The Bertz CT molecular complexity index is 957. The molecule has 0 aliphatic rings. The minimum absolute atomic E-state index is 0.200. The molecular weight excluding hydrogens is 389 g/mol. The highest BCUT2D eigenvalue weighted by atomic mass is 32.2. The van der Waals surface area contributed by atoms with E-state index in [0.29, 0.717) is 11.0 Å². The van der Waals surface area contributed by atoms with E-state index in [9.17, 15) is 18.0 Å². The number of thioether (sulfide) groups is 1. The molecule has 28 heavy (non-hydrogen) atoms. The number of carbonyl (C=O) groups is 1. The summed E-state index contributed by atoms with van der Waals surface area (Å²) in [6.45, 7) is 0.611. The van der Waals surface area contributed by atoms with Gasteiger partial charge in [-0.25, -0.2) is 0 Å². The number of carbonyl (C=O) groups excluding carboxylic acids is 1. The molecule has 1 aromatic heterocycles. The number of aromatic nitrogens is 3. The van der Waals surface area contributed by atoms with Gasteiger partial charge < -0.3 is 5.32 Å². The Morgan fingerprint density at radius 3 is 2.54 bits per heavy atom. The molecule has 0 radical (unpaired) electrons. The molecule has 0 saturated heterocycles. The van der Waals surface area contributed by atoms with Gasteiger partial charge in [-0.05, 0) is 25.1 Å². The average Bonchev–Trinajstić information content (AvgIpc) is 3.09. The van der Waals surface area contributed by atoms with Crippen LogP contribution in [0.1, 0.15) is 5.56 Å². The van der Waals surface area contributed by atoms with E-state index in [1.807, 2.05) is 66.8 Å². The lowest BCUT2D eigenvalue weighted by Gasteiger charge is -2.11. The van der Waals surface area contributed by atoms with Crippen LogP contribution in [0.2, 0.25) is 0 Å². The molecule has 0 spiro atoms. The summed E-state index contributed by atoms with van der Waals surface area (Å²) in [5, 5.41) is 10.7. The van der Waals surface area contributed by atoms with Gasteiger partial charge in [-0.1, -0.05) is 53.7 Å². The average molecular weight is 406 g/mol. The highest BCUT2D eigenvalue weighted by Crippen LogP contribution is 2.28. The van der Waals surface area contributed by atoms with Crippen LogP contribution in [0.3, 0.4) is 0 Å². The van der Waals surface area contributed by atoms with Crippen molar-refractivity contribution < 1.29 is 18.0 Å². The Kier molecular flexibility index (Phi) is 6.03. The van der Waals surface area contributed by atoms with Crippen molar-refractivity contribution >= 4 is 17.7 Å². The van der Waals surface area contributed by atoms with Gasteiger partial charge >= 0.3 is 6.18 Å². The fourth-order valence-corrected chi connectivity index (χ4v) is 3.31. The molecule has 1 amide bonds. The number of para-hydroxylation sites is 1. The molecule has 0 unspecified atom stereocenters. The summed E-state index contributed by atoms with van der Waals surface area (Å²) in [6.07, 6.45) is -4.44. The maximum atomic E-state index is 12.2. The number of halogens is 3. The molecule has 3 rings (SSSR count). The van der Waals surface area contributed by atoms with Crippen molar-refractivity contribution in [2.45, 2.75) is 18.3 Å². The molecule has 0 aliphatic heterocycles. The van der Waals surface area contributed by atoms with Crippen LogP contribution in [0.15, 0.2) is 59.8 Å². The predicted octanol–water partition coefficient (Wildman–Crippen LogP) is 4.01. The minimum Gasteiger partial charge on any atom is -0.346 e. The van der Waals surface area contributed by atoms with Crippen molar-refractivity contribution in [2.24, 2.45) is 0 Å². The summed E-state index contributed by atoms with van der Waals surface area (Å²) >= 11 is 1.03. The maximum absolute atomic E-state index is 12.2. The third-order valence-electron chi connectivity index (χ3n) is 3.74. The summed E-state index contributed by atoms with van der Waals surface area (Å²) in [4.78, 5) is 11.7. The number of alkyl halides is 3. The summed E-state index contributed by atoms with van der Waals surface area (Å²) in [6, 6.07) is 17.1. The van der Waals surface area contributed by atoms with Gasteiger partial charge in [-0.15, -0.1) is 10.2 Å². The minimum atomic E-state index is -4.44. The molecule has 0 saturated carbocycles. The fourth-order valence-electron chi connectivity index (χ4n) is 2.52. The largest absolute Gasteiger partial charge is 0.405 e. The molecule has 0 fully saturated rings. The van der Waals surface area contributed by atoms with Crippen LogP contribution in [0.5, 0.6) is 0 Å². The van der Waals surface area contributed by atoms with Crippen LogP contribution < -0.4 is 5.32 Å². The first-order valence-corrected chi connectivity index (χ1v) is 9.36. The third kappa shape index (κ3) is 5.13. The normalized spacial score (nSPS) is 11.4. The number of aryl methyl sites for hydroxylation is 1. The zero-order valence-electron chi connectivity index (χ0n) is 14.9. The Morgan fingerprint density at radius 2 is 1.86 bits per heavy atom. The molecular formula is C19H17F3N4OS. The Labute approximate surface area is 164 Å². The molecule has 0 bridgehead atoms. The molecule has 0 aliphatic carbocycles. The topological polar surface area (TPSA) is 59.8 Å². The number of amides is 1. The van der Waals surface area contributed by atoms with Crippen molar-refractivity contribution in [3.63, 3.8) is 0 Å². The monoisotopic (exact) mass is 406 g/mol. The Morgan fingerprint density at radius 1 is 1.11 bits per heavy atom. The van der Waals surface area contributed by atoms with E-state index in [1.165, 1.54) is 0 Å². The Hall–Kier alpha value is -2.81. The van der Waals surface area contributed by atoms with Crippen LogP contribution in [0.25, 0.3) is 17.1 Å². The number of hydrogen-bond donors (Lipinski definition) is 1. The molecule has 1 N–H and O–H groups in total. The van der Waals surface area contributed by atoms with E-state index in [2.05, 4.69) is 10.2 Å². The molecule has 9 heteroatoms. The van der Waals surface area contributed by atoms with Crippen LogP contribution >= 0.6 is 11.8 Å². The first-order valence-electron chi connectivity index (χ1n) is 8.37. The van der Waals surface area contributed by atoms with Gasteiger partial charge in [0.05, 0.1) is 5.75 Å². The lowest BCUT2D eigenvalue weighted by molar-refractivity contribution is -0.136. The van der Waals surface area contributed by atoms with Gasteiger partial charge in [0.1, 0.15) is 6.54 Å². The number of rotatable bonds is 6. The molecule has 3 aromatic rings. The predicted molar refractivity (Wildman–Crippen MR) is 101 cm³/mol. The summed E-state index contributed by atoms with van der Waals surface area (Å²) in [5.41, 5.74) is 2.70. The Balaban J connectivity index is 1.87. The van der Waals surface area contributed by atoms with E-state index < -0.39 is 18.6 Å². The maximum Gasteiger partial charge on any atom is 0.405 e. The number of nitrogens with one attached hydrogen (secondary N) is 1. The van der Waals surface area contributed by atoms with E-state index in [0.717, 1.165) is 28.6 Å². The molecule has 146 valence electrons. The van der Waals surface area contributed by atoms with Crippen molar-refractivity contribution in [3.8, 4) is 17.1 Å². The van der Waals surface area contributed by atoms with Crippen molar-refractivity contribution in [3.05, 3.63) is 60.2 Å². The van der Waals surface area contributed by atoms with Gasteiger partial charge in [0.2, 0.25) is 5.91 Å². The third-order valence-corrected chi connectivity index (χ3v) is 4.67. The van der Waals surface area contributed by atoms with Crippen LogP contribution in [0, 0.1) is 6.92 Å². The smallest absolute Gasteiger partial charge is 0.346 e. The second-order valence-electron chi connectivity index (χ2n) is 6.03. The summed E-state index contributed by atoms with van der Waals surface area (Å²) in [7, 11) is 0. The van der Waals surface area contributed by atoms with Crippen molar-refractivity contribution in [1.82, 2.24) is 20.1 Å². The summed E-state index contributed by atoms with van der Waals surface area (Å²) < 4.78 is 38.5. The lowest BCUT2D eigenvalue weighted by Crippen LogP contribution is -2.34. The lowest BCUT2D eigenvalue weighted by atomic mass is 10.1. The van der Waals surface area contributed by atoms with E-state index in [-0.39, 0.29) is 5.75 Å². The van der Waals surface area contributed by atoms with Gasteiger partial charge in [-0.2, -0.15) is 13.2 Å². The van der Waals surface area contributed by atoms with Crippen molar-refractivity contribution in [1.29, 1.82) is 0 Å². The van der Waals surface area contributed by atoms with Crippen LogP contribution in [-0.2, 0) is 4.79 Å². The number of benzene rings is 2. The molecule has 2 aromatic carbocycles. The molecule has 0 atom stereocenters. The zero-order chi connectivity index (χ0) is 20.1.